The second-order valence-corrected chi connectivity index (χ2v) is 9.66. The first-order chi connectivity index (χ1) is 18.7. The summed E-state index contributed by atoms with van der Waals surface area (Å²) in [6.07, 6.45) is -0.582. The van der Waals surface area contributed by atoms with Crippen LogP contribution in [0.25, 0.3) is 10.8 Å². The van der Waals surface area contributed by atoms with Crippen LogP contribution in [0.2, 0.25) is 0 Å². The number of alkyl halides is 3. The molecule has 0 unspecified atom stereocenters. The average Bonchev–Trinajstić information content (AvgIpc) is 2.91. The maximum absolute atomic E-state index is 15.2. The van der Waals surface area contributed by atoms with Gasteiger partial charge in [0.15, 0.2) is 6.61 Å². The van der Waals surface area contributed by atoms with Crippen molar-refractivity contribution in [3.63, 3.8) is 0 Å². The lowest BCUT2D eigenvalue weighted by molar-refractivity contribution is -0.153. The van der Waals surface area contributed by atoms with Gasteiger partial charge in [-0.1, -0.05) is 54.6 Å². The molecule has 7 heteroatoms. The molecule has 39 heavy (non-hydrogen) atoms. The quantitative estimate of drug-likeness (QED) is 0.133. The van der Waals surface area contributed by atoms with Crippen LogP contribution >= 0.6 is 0 Å². The fourth-order valence-corrected chi connectivity index (χ4v) is 4.58. The molecule has 0 aliphatic carbocycles. The molecule has 4 aromatic rings. The van der Waals surface area contributed by atoms with Gasteiger partial charge in [-0.15, -0.1) is 0 Å². The molecule has 0 heterocycles. The maximum atomic E-state index is 15.2. The molecular weight excluding hydrogens is 511 g/mol. The van der Waals surface area contributed by atoms with Crippen LogP contribution in [0.1, 0.15) is 34.2 Å². The van der Waals surface area contributed by atoms with Gasteiger partial charge in [0.25, 0.3) is 0 Å². The van der Waals surface area contributed by atoms with Gasteiger partial charge in [-0.3, -0.25) is 0 Å². The largest absolute Gasteiger partial charge is 0.484 e. The first-order valence-corrected chi connectivity index (χ1v) is 13.0. The molecule has 0 fully saturated rings. The second kappa shape index (κ2) is 13.1. The van der Waals surface area contributed by atoms with Crippen molar-refractivity contribution in [2.75, 3.05) is 20.3 Å². The SMILES string of the molecule is COCCCc1ccc(CCc2ccc3c(F)c(CCc4ccc(OCC(F)(F)F)cc4)ccc3c2)c(F)c1. The number of ether oxygens (including phenoxy) is 2. The fraction of sp³-hybridized carbons (Fsp3) is 0.312. The summed E-state index contributed by atoms with van der Waals surface area (Å²) in [6, 6.07) is 21.0. The summed E-state index contributed by atoms with van der Waals surface area (Å²) in [5.74, 6) is -0.342. The summed E-state index contributed by atoms with van der Waals surface area (Å²) in [5.41, 5.74) is 4.06. The number of fused-ring (bicyclic) bond motifs is 1. The van der Waals surface area contributed by atoms with Gasteiger partial charge >= 0.3 is 6.18 Å². The van der Waals surface area contributed by atoms with Crippen molar-refractivity contribution in [1.82, 2.24) is 0 Å². The lowest BCUT2D eigenvalue weighted by Crippen LogP contribution is -2.19. The van der Waals surface area contributed by atoms with Gasteiger partial charge in [0.2, 0.25) is 0 Å². The molecule has 0 atom stereocenters. The van der Waals surface area contributed by atoms with Crippen LogP contribution in [0.3, 0.4) is 0 Å². The van der Waals surface area contributed by atoms with Gasteiger partial charge in [0.1, 0.15) is 17.4 Å². The van der Waals surface area contributed by atoms with Crippen molar-refractivity contribution < 1.29 is 31.4 Å². The van der Waals surface area contributed by atoms with Crippen molar-refractivity contribution in [3.8, 4) is 5.75 Å². The second-order valence-electron chi connectivity index (χ2n) is 9.66. The summed E-state index contributed by atoms with van der Waals surface area (Å²) >= 11 is 0. The zero-order valence-electron chi connectivity index (χ0n) is 21.8. The van der Waals surface area contributed by atoms with E-state index in [0.717, 1.165) is 34.9 Å². The Morgan fingerprint density at radius 3 is 2.03 bits per heavy atom. The Labute approximate surface area is 225 Å². The summed E-state index contributed by atoms with van der Waals surface area (Å²) < 4.78 is 76.5. The normalized spacial score (nSPS) is 11.7. The molecule has 0 saturated heterocycles. The van der Waals surface area contributed by atoms with E-state index >= 15 is 4.39 Å². The fourth-order valence-electron chi connectivity index (χ4n) is 4.58. The van der Waals surface area contributed by atoms with Crippen LogP contribution in [0.5, 0.6) is 5.75 Å². The Kier molecular flexibility index (Phi) is 9.57. The number of benzene rings is 4. The summed E-state index contributed by atoms with van der Waals surface area (Å²) in [4.78, 5) is 0. The number of hydrogen-bond donors (Lipinski definition) is 0. The van der Waals surface area contributed by atoms with E-state index in [1.54, 1.807) is 37.4 Å². The zero-order chi connectivity index (χ0) is 27.8. The van der Waals surface area contributed by atoms with Crippen LogP contribution < -0.4 is 4.74 Å². The molecule has 0 N–H and O–H groups in total. The molecule has 0 saturated carbocycles. The van der Waals surface area contributed by atoms with E-state index in [2.05, 4.69) is 0 Å². The molecule has 0 aliphatic rings. The molecule has 0 aromatic heterocycles. The number of aryl methyl sites for hydroxylation is 5. The van der Waals surface area contributed by atoms with Crippen LogP contribution in [0, 0.1) is 11.6 Å². The van der Waals surface area contributed by atoms with Crippen molar-refractivity contribution in [1.29, 1.82) is 0 Å². The number of methoxy groups -OCH3 is 1. The molecular formula is C32H31F5O2. The first-order valence-electron chi connectivity index (χ1n) is 13.0. The Bertz CT molecular complexity index is 1380. The van der Waals surface area contributed by atoms with Gasteiger partial charge in [0, 0.05) is 19.1 Å². The van der Waals surface area contributed by atoms with Crippen molar-refractivity contribution in [2.24, 2.45) is 0 Å². The Hall–Kier alpha value is -3.45. The lowest BCUT2D eigenvalue weighted by atomic mass is 9.97. The molecule has 0 amide bonds. The van der Waals surface area contributed by atoms with Gasteiger partial charge in [-0.05, 0) is 89.9 Å². The third-order valence-corrected chi connectivity index (χ3v) is 6.72. The van der Waals surface area contributed by atoms with Crippen LogP contribution in [-0.2, 0) is 36.8 Å². The highest BCUT2D eigenvalue weighted by Gasteiger charge is 2.28. The zero-order valence-corrected chi connectivity index (χ0v) is 21.8. The molecule has 206 valence electrons. The van der Waals surface area contributed by atoms with Crippen LogP contribution in [0.15, 0.2) is 72.8 Å². The molecule has 0 bridgehead atoms. The minimum atomic E-state index is -4.39. The van der Waals surface area contributed by atoms with Crippen LogP contribution in [0.4, 0.5) is 22.0 Å². The van der Waals surface area contributed by atoms with E-state index < -0.39 is 12.8 Å². The van der Waals surface area contributed by atoms with Gasteiger partial charge in [0.05, 0.1) is 0 Å². The van der Waals surface area contributed by atoms with Crippen molar-refractivity contribution >= 4 is 10.8 Å². The Morgan fingerprint density at radius 2 is 1.31 bits per heavy atom. The Morgan fingerprint density at radius 1 is 0.667 bits per heavy atom. The van der Waals surface area contributed by atoms with Gasteiger partial charge in [-0.2, -0.15) is 13.2 Å². The first kappa shape index (κ1) is 28.6. The third-order valence-electron chi connectivity index (χ3n) is 6.72. The smallest absolute Gasteiger partial charge is 0.422 e. The highest BCUT2D eigenvalue weighted by Crippen LogP contribution is 2.25. The molecule has 4 rings (SSSR count). The monoisotopic (exact) mass is 542 g/mol. The van der Waals surface area contributed by atoms with Gasteiger partial charge < -0.3 is 9.47 Å². The summed E-state index contributed by atoms with van der Waals surface area (Å²) in [5, 5.41) is 1.31. The Balaban J connectivity index is 1.35. The summed E-state index contributed by atoms with van der Waals surface area (Å²) in [7, 11) is 1.65. The van der Waals surface area contributed by atoms with E-state index in [0.29, 0.717) is 48.8 Å². The van der Waals surface area contributed by atoms with E-state index in [-0.39, 0.29) is 17.4 Å². The molecule has 4 aromatic carbocycles. The van der Waals surface area contributed by atoms with E-state index in [4.69, 9.17) is 9.47 Å². The number of halogens is 5. The predicted octanol–water partition coefficient (Wildman–Crippen LogP) is 8.21. The van der Waals surface area contributed by atoms with Crippen LogP contribution in [-0.4, -0.2) is 26.5 Å². The minimum absolute atomic E-state index is 0.140. The van der Waals surface area contributed by atoms with E-state index in [1.807, 2.05) is 30.3 Å². The highest BCUT2D eigenvalue weighted by molar-refractivity contribution is 5.84. The number of hydrogen-bond acceptors (Lipinski definition) is 2. The predicted molar refractivity (Wildman–Crippen MR) is 143 cm³/mol. The van der Waals surface area contributed by atoms with Crippen molar-refractivity contribution in [2.45, 2.75) is 44.7 Å². The highest BCUT2D eigenvalue weighted by atomic mass is 19.4. The maximum Gasteiger partial charge on any atom is 0.422 e. The third kappa shape index (κ3) is 8.27. The summed E-state index contributed by atoms with van der Waals surface area (Å²) in [6.45, 7) is -0.690. The topological polar surface area (TPSA) is 18.5 Å². The molecule has 2 nitrogen and oxygen atoms in total. The number of rotatable bonds is 12. The molecule has 0 radical (unpaired) electrons. The average molecular weight is 543 g/mol. The van der Waals surface area contributed by atoms with Gasteiger partial charge in [-0.25, -0.2) is 8.78 Å². The molecule has 0 spiro atoms. The standard InChI is InChI=1S/C32H31F5O2/c1-38-18-2-3-23-5-10-25(30(33)20-23)11-6-24-9-17-29-27(19-24)14-13-26(31(29)34)12-4-22-7-15-28(16-8-22)39-21-32(35,36)37/h5,7-10,13-17,19-20H,2-4,6,11-12,18,21H2,1H3. The van der Waals surface area contributed by atoms with Crippen molar-refractivity contribution in [3.05, 3.63) is 112 Å². The lowest BCUT2D eigenvalue weighted by Gasteiger charge is -2.11. The minimum Gasteiger partial charge on any atom is -0.484 e. The molecule has 0 aliphatic heterocycles. The van der Waals surface area contributed by atoms with E-state index in [9.17, 15) is 17.6 Å². The van der Waals surface area contributed by atoms with E-state index in [1.165, 1.54) is 12.1 Å².